The fourth-order valence-electron chi connectivity index (χ4n) is 3.39. The molecule has 4 rings (SSSR count). The van der Waals surface area contributed by atoms with Crippen LogP contribution in [-0.2, 0) is 6.42 Å². The summed E-state index contributed by atoms with van der Waals surface area (Å²) in [7, 11) is 0. The second-order valence-corrected chi connectivity index (χ2v) is 5.22. The molecule has 0 radical (unpaired) electrons. The van der Waals surface area contributed by atoms with Gasteiger partial charge in [0.1, 0.15) is 0 Å². The minimum Gasteiger partial charge on any atom is -0.332 e. The number of benzene rings is 1. The van der Waals surface area contributed by atoms with E-state index in [4.69, 9.17) is 0 Å². The van der Waals surface area contributed by atoms with Crippen LogP contribution in [0.3, 0.4) is 0 Å². The molecule has 1 aromatic rings. The highest BCUT2D eigenvalue weighted by atomic mass is 15.2. The molecule has 0 spiro atoms. The van der Waals surface area contributed by atoms with E-state index in [0.29, 0.717) is 0 Å². The Morgan fingerprint density at radius 2 is 1.80 bits per heavy atom. The molecule has 1 atom stereocenters. The van der Waals surface area contributed by atoms with Gasteiger partial charge in [-0.15, -0.1) is 0 Å². The van der Waals surface area contributed by atoms with Crippen LogP contribution in [0, 0.1) is 5.92 Å². The van der Waals surface area contributed by atoms with Crippen molar-refractivity contribution in [3.8, 4) is 0 Å². The average Bonchev–Trinajstić information content (AvgIpc) is 2.32. The van der Waals surface area contributed by atoms with Crippen LogP contribution in [0.5, 0.6) is 0 Å². The first-order valence-electron chi connectivity index (χ1n) is 6.30. The molecule has 0 amide bonds. The SMILES string of the molecule is c1ccc(CC2CC3CC[NH+]2CC3)cc1. The molecule has 15 heavy (non-hydrogen) atoms. The van der Waals surface area contributed by atoms with Crippen molar-refractivity contribution < 1.29 is 4.90 Å². The number of rotatable bonds is 2. The van der Waals surface area contributed by atoms with E-state index in [9.17, 15) is 0 Å². The van der Waals surface area contributed by atoms with Crippen LogP contribution >= 0.6 is 0 Å². The Bertz CT molecular complexity index is 311. The van der Waals surface area contributed by atoms with Gasteiger partial charge < -0.3 is 4.90 Å². The highest BCUT2D eigenvalue weighted by Crippen LogP contribution is 2.22. The normalized spacial score (nSPS) is 34.3. The zero-order chi connectivity index (χ0) is 10.1. The van der Waals surface area contributed by atoms with E-state index in [1.165, 1.54) is 44.3 Å². The summed E-state index contributed by atoms with van der Waals surface area (Å²) in [5, 5.41) is 0. The predicted octanol–water partition coefficient (Wildman–Crippen LogP) is 1.30. The van der Waals surface area contributed by atoms with Gasteiger partial charge in [0.05, 0.1) is 19.1 Å². The van der Waals surface area contributed by atoms with Crippen molar-refractivity contribution in [2.75, 3.05) is 13.1 Å². The van der Waals surface area contributed by atoms with Gasteiger partial charge in [0.25, 0.3) is 0 Å². The van der Waals surface area contributed by atoms with Gasteiger partial charge >= 0.3 is 0 Å². The molecule has 2 bridgehead atoms. The third-order valence-corrected chi connectivity index (χ3v) is 4.27. The van der Waals surface area contributed by atoms with Crippen molar-refractivity contribution in [2.45, 2.75) is 31.7 Å². The first kappa shape index (κ1) is 9.41. The molecule has 1 unspecified atom stereocenters. The van der Waals surface area contributed by atoms with E-state index in [-0.39, 0.29) is 0 Å². The fraction of sp³-hybridized carbons (Fsp3) is 0.571. The summed E-state index contributed by atoms with van der Waals surface area (Å²) in [6, 6.07) is 11.9. The van der Waals surface area contributed by atoms with E-state index in [1.807, 2.05) is 4.90 Å². The molecule has 1 nitrogen and oxygen atoms in total. The molecule has 1 N–H and O–H groups in total. The second-order valence-electron chi connectivity index (χ2n) is 5.22. The predicted molar refractivity (Wildman–Crippen MR) is 62.0 cm³/mol. The van der Waals surface area contributed by atoms with E-state index in [1.54, 1.807) is 0 Å². The van der Waals surface area contributed by atoms with Gasteiger partial charge in [-0.2, -0.15) is 0 Å². The van der Waals surface area contributed by atoms with Crippen molar-refractivity contribution in [1.82, 2.24) is 0 Å². The maximum atomic E-state index is 2.28. The molecular weight excluding hydrogens is 182 g/mol. The topological polar surface area (TPSA) is 4.44 Å². The standard InChI is InChI=1S/C14H19N/c1-2-4-12(5-3-1)10-14-11-13-6-8-15(14)9-7-13/h1-5,13-14H,6-11H2/p+1. The molecule has 0 aromatic heterocycles. The Hall–Kier alpha value is -0.820. The van der Waals surface area contributed by atoms with Crippen LogP contribution in [0.1, 0.15) is 24.8 Å². The highest BCUT2D eigenvalue weighted by molar-refractivity contribution is 5.15. The summed E-state index contributed by atoms with van der Waals surface area (Å²) < 4.78 is 0. The summed E-state index contributed by atoms with van der Waals surface area (Å²) in [6.07, 6.45) is 5.75. The summed E-state index contributed by atoms with van der Waals surface area (Å²) >= 11 is 0. The molecule has 3 fully saturated rings. The lowest BCUT2D eigenvalue weighted by Crippen LogP contribution is -3.18. The van der Waals surface area contributed by atoms with Gasteiger partial charge in [0, 0.05) is 12.8 Å². The molecule has 80 valence electrons. The van der Waals surface area contributed by atoms with Crippen LogP contribution < -0.4 is 4.90 Å². The molecule has 0 aliphatic carbocycles. The molecule has 3 aliphatic heterocycles. The number of hydrogen-bond donors (Lipinski definition) is 1. The Balaban J connectivity index is 1.69. The maximum absolute atomic E-state index is 2.28. The number of quaternary nitrogens is 1. The van der Waals surface area contributed by atoms with Crippen LogP contribution in [-0.4, -0.2) is 19.1 Å². The van der Waals surface area contributed by atoms with Crippen molar-refractivity contribution in [2.24, 2.45) is 5.92 Å². The second kappa shape index (κ2) is 3.97. The molecule has 1 heteroatoms. The molecular formula is C14H20N+. The number of fused-ring (bicyclic) bond motifs is 3. The molecule has 1 aromatic carbocycles. The fourth-order valence-corrected chi connectivity index (χ4v) is 3.39. The maximum Gasteiger partial charge on any atom is 0.0918 e. The smallest absolute Gasteiger partial charge is 0.0918 e. The molecule has 3 heterocycles. The van der Waals surface area contributed by atoms with E-state index < -0.39 is 0 Å². The van der Waals surface area contributed by atoms with Gasteiger partial charge in [0.2, 0.25) is 0 Å². The summed E-state index contributed by atoms with van der Waals surface area (Å²) in [5.74, 6) is 1.05. The minimum absolute atomic E-state index is 0.917. The minimum atomic E-state index is 0.917. The molecule has 0 saturated carbocycles. The van der Waals surface area contributed by atoms with Gasteiger partial charge in [-0.05, 0) is 24.3 Å². The lowest BCUT2D eigenvalue weighted by Gasteiger charge is -2.42. The quantitative estimate of drug-likeness (QED) is 0.737. The van der Waals surface area contributed by atoms with Gasteiger partial charge in [-0.3, -0.25) is 0 Å². The number of nitrogens with one attached hydrogen (secondary N) is 1. The Kier molecular flexibility index (Phi) is 2.49. The number of piperidine rings is 3. The zero-order valence-corrected chi connectivity index (χ0v) is 9.28. The lowest BCUT2D eigenvalue weighted by molar-refractivity contribution is -0.941. The molecule has 3 saturated heterocycles. The zero-order valence-electron chi connectivity index (χ0n) is 9.28. The average molecular weight is 202 g/mol. The lowest BCUT2D eigenvalue weighted by atomic mass is 9.81. The van der Waals surface area contributed by atoms with Crippen LogP contribution in [0.15, 0.2) is 30.3 Å². The van der Waals surface area contributed by atoms with Crippen molar-refractivity contribution in [1.29, 1.82) is 0 Å². The first-order valence-corrected chi connectivity index (χ1v) is 6.30. The Morgan fingerprint density at radius 3 is 2.40 bits per heavy atom. The van der Waals surface area contributed by atoms with Crippen LogP contribution in [0.2, 0.25) is 0 Å². The van der Waals surface area contributed by atoms with Gasteiger partial charge in [0.15, 0.2) is 0 Å². The highest BCUT2D eigenvalue weighted by Gasteiger charge is 2.36. The van der Waals surface area contributed by atoms with Crippen molar-refractivity contribution >= 4 is 0 Å². The largest absolute Gasteiger partial charge is 0.332 e. The summed E-state index contributed by atoms with van der Waals surface area (Å²) in [6.45, 7) is 2.87. The summed E-state index contributed by atoms with van der Waals surface area (Å²) in [5.41, 5.74) is 1.53. The third kappa shape index (κ3) is 1.93. The third-order valence-electron chi connectivity index (χ3n) is 4.27. The van der Waals surface area contributed by atoms with Gasteiger partial charge in [-0.25, -0.2) is 0 Å². The van der Waals surface area contributed by atoms with E-state index >= 15 is 0 Å². The molecule has 3 aliphatic rings. The Morgan fingerprint density at radius 1 is 1.07 bits per heavy atom. The Labute approximate surface area is 92.1 Å². The van der Waals surface area contributed by atoms with Crippen LogP contribution in [0.4, 0.5) is 0 Å². The first-order chi connectivity index (χ1) is 7.42. The van der Waals surface area contributed by atoms with Gasteiger partial charge in [-0.1, -0.05) is 30.3 Å². The summed E-state index contributed by atoms with van der Waals surface area (Å²) in [4.78, 5) is 1.88. The number of hydrogen-bond acceptors (Lipinski definition) is 0. The van der Waals surface area contributed by atoms with Crippen LogP contribution in [0.25, 0.3) is 0 Å². The van der Waals surface area contributed by atoms with E-state index in [0.717, 1.165) is 12.0 Å². The monoisotopic (exact) mass is 202 g/mol. The van der Waals surface area contributed by atoms with E-state index in [2.05, 4.69) is 30.3 Å². The van der Waals surface area contributed by atoms with Crippen molar-refractivity contribution in [3.63, 3.8) is 0 Å². The van der Waals surface area contributed by atoms with Crippen molar-refractivity contribution in [3.05, 3.63) is 35.9 Å².